The van der Waals surface area contributed by atoms with Crippen LogP contribution in [0.3, 0.4) is 0 Å². The summed E-state index contributed by atoms with van der Waals surface area (Å²) in [4.78, 5) is 4.29. The first-order valence-corrected chi connectivity index (χ1v) is 7.03. The average molecular weight is 291 g/mol. The lowest BCUT2D eigenvalue weighted by Gasteiger charge is -2.13. The second kappa shape index (κ2) is 7.64. The summed E-state index contributed by atoms with van der Waals surface area (Å²) in [5, 5.41) is 7.02. The van der Waals surface area contributed by atoms with Crippen molar-refractivity contribution in [3.63, 3.8) is 0 Å². The Balaban J connectivity index is 2.10. The molecule has 0 amide bonds. The Morgan fingerprint density at radius 1 is 1.33 bits per heavy atom. The number of nitrogens with zero attached hydrogens (tertiary/aromatic N) is 2. The Labute approximate surface area is 124 Å². The molecule has 0 radical (unpaired) electrons. The van der Waals surface area contributed by atoms with Gasteiger partial charge in [-0.2, -0.15) is 4.98 Å². The van der Waals surface area contributed by atoms with E-state index < -0.39 is 0 Å². The van der Waals surface area contributed by atoms with E-state index in [0.717, 1.165) is 18.4 Å². The number of hydrogen-bond acceptors (Lipinski definition) is 6. The van der Waals surface area contributed by atoms with Gasteiger partial charge in [-0.25, -0.2) is 0 Å². The van der Waals surface area contributed by atoms with Gasteiger partial charge in [0.25, 0.3) is 0 Å². The van der Waals surface area contributed by atoms with Crippen molar-refractivity contribution in [2.24, 2.45) is 0 Å². The first-order valence-electron chi connectivity index (χ1n) is 7.03. The normalized spacial score (nSPS) is 10.6. The molecule has 1 aromatic heterocycles. The number of benzene rings is 1. The van der Waals surface area contributed by atoms with Crippen molar-refractivity contribution in [3.05, 3.63) is 35.5 Å². The van der Waals surface area contributed by atoms with Gasteiger partial charge in [0.15, 0.2) is 18.1 Å². The summed E-state index contributed by atoms with van der Waals surface area (Å²) in [5.74, 6) is 2.59. The van der Waals surface area contributed by atoms with Crippen molar-refractivity contribution in [2.45, 2.75) is 32.9 Å². The molecule has 1 heterocycles. The highest BCUT2D eigenvalue weighted by Gasteiger charge is 2.12. The minimum atomic E-state index is 0.254. The van der Waals surface area contributed by atoms with Crippen LogP contribution in [0.15, 0.2) is 22.7 Å². The molecule has 0 aliphatic heterocycles. The minimum absolute atomic E-state index is 0.254. The fourth-order valence-electron chi connectivity index (χ4n) is 2.02. The monoisotopic (exact) mass is 291 g/mol. The van der Waals surface area contributed by atoms with Crippen LogP contribution in [0.5, 0.6) is 11.5 Å². The highest BCUT2D eigenvalue weighted by Crippen LogP contribution is 2.31. The van der Waals surface area contributed by atoms with Gasteiger partial charge in [0, 0.05) is 18.5 Å². The average Bonchev–Trinajstić information content (AvgIpc) is 2.94. The maximum absolute atomic E-state index is 5.84. The molecule has 0 saturated carbocycles. The van der Waals surface area contributed by atoms with Gasteiger partial charge in [0.2, 0.25) is 11.7 Å². The van der Waals surface area contributed by atoms with Gasteiger partial charge in [-0.15, -0.1) is 0 Å². The van der Waals surface area contributed by atoms with Crippen LogP contribution in [0.4, 0.5) is 0 Å². The van der Waals surface area contributed by atoms with Crippen LogP contribution < -0.4 is 14.8 Å². The molecular weight excluding hydrogens is 270 g/mol. The zero-order chi connectivity index (χ0) is 15.1. The summed E-state index contributed by atoms with van der Waals surface area (Å²) >= 11 is 0. The number of aryl methyl sites for hydroxylation is 1. The van der Waals surface area contributed by atoms with Crippen LogP contribution >= 0.6 is 0 Å². The smallest absolute Gasteiger partial charge is 0.226 e. The topological polar surface area (TPSA) is 69.4 Å². The molecule has 114 valence electrons. The lowest BCUT2D eigenvalue weighted by atomic mass is 10.2. The molecule has 0 aliphatic rings. The molecule has 0 saturated heterocycles. The maximum atomic E-state index is 5.84. The van der Waals surface area contributed by atoms with E-state index in [4.69, 9.17) is 14.0 Å². The Morgan fingerprint density at radius 3 is 2.90 bits per heavy atom. The molecule has 0 unspecified atom stereocenters. The van der Waals surface area contributed by atoms with Gasteiger partial charge in [0.1, 0.15) is 0 Å². The molecule has 6 nitrogen and oxygen atoms in total. The van der Waals surface area contributed by atoms with E-state index in [1.807, 2.05) is 25.2 Å². The summed E-state index contributed by atoms with van der Waals surface area (Å²) in [6.45, 7) is 3.02. The van der Waals surface area contributed by atoms with Crippen LogP contribution in [-0.2, 0) is 19.6 Å². The third-order valence-electron chi connectivity index (χ3n) is 2.97. The van der Waals surface area contributed by atoms with Crippen molar-refractivity contribution in [2.75, 3.05) is 14.2 Å². The van der Waals surface area contributed by atoms with Crippen LogP contribution in [-0.4, -0.2) is 24.3 Å². The van der Waals surface area contributed by atoms with E-state index in [1.54, 1.807) is 7.11 Å². The van der Waals surface area contributed by atoms with Crippen molar-refractivity contribution in [1.82, 2.24) is 15.5 Å². The van der Waals surface area contributed by atoms with Crippen LogP contribution in [0.2, 0.25) is 0 Å². The van der Waals surface area contributed by atoms with Gasteiger partial charge < -0.3 is 19.3 Å². The third kappa shape index (κ3) is 3.95. The Morgan fingerprint density at radius 2 is 2.19 bits per heavy atom. The lowest BCUT2D eigenvalue weighted by Crippen LogP contribution is -2.09. The summed E-state index contributed by atoms with van der Waals surface area (Å²) in [6, 6.07) is 5.80. The number of ether oxygens (including phenoxy) is 2. The molecule has 0 aliphatic carbocycles. The van der Waals surface area contributed by atoms with E-state index in [0.29, 0.717) is 29.8 Å². The van der Waals surface area contributed by atoms with Gasteiger partial charge >= 0.3 is 0 Å². The molecule has 2 rings (SSSR count). The fraction of sp³-hybridized carbons (Fsp3) is 0.467. The first kappa shape index (κ1) is 15.3. The molecule has 1 aromatic carbocycles. The quantitative estimate of drug-likeness (QED) is 0.805. The first-order chi connectivity index (χ1) is 10.3. The van der Waals surface area contributed by atoms with E-state index in [-0.39, 0.29) is 6.61 Å². The Bertz CT molecular complexity index is 569. The Kier molecular flexibility index (Phi) is 5.57. The number of nitrogens with one attached hydrogen (secondary N) is 1. The molecule has 0 fully saturated rings. The molecular formula is C15H21N3O3. The predicted octanol–water partition coefficient (Wildman–Crippen LogP) is 2.33. The standard InChI is InChI=1S/C15H21N3O3/c1-4-6-14-17-13(18-21-14)10-20-15-11(9-16-2)7-5-8-12(15)19-3/h5,7-8,16H,4,6,9-10H2,1-3H3. The van der Waals surface area contributed by atoms with Crippen molar-refractivity contribution >= 4 is 0 Å². The molecule has 2 aromatic rings. The second-order valence-corrected chi connectivity index (χ2v) is 4.62. The third-order valence-corrected chi connectivity index (χ3v) is 2.97. The molecule has 6 heteroatoms. The Hall–Kier alpha value is -2.08. The highest BCUT2D eigenvalue weighted by molar-refractivity contribution is 5.46. The number of aromatic nitrogens is 2. The minimum Gasteiger partial charge on any atom is -0.493 e. The molecule has 0 atom stereocenters. The van der Waals surface area contributed by atoms with Gasteiger partial charge in [-0.3, -0.25) is 0 Å². The van der Waals surface area contributed by atoms with E-state index in [9.17, 15) is 0 Å². The number of hydrogen-bond donors (Lipinski definition) is 1. The fourth-order valence-corrected chi connectivity index (χ4v) is 2.02. The van der Waals surface area contributed by atoms with Crippen LogP contribution in [0.1, 0.15) is 30.6 Å². The largest absolute Gasteiger partial charge is 0.493 e. The zero-order valence-corrected chi connectivity index (χ0v) is 12.7. The number of methoxy groups -OCH3 is 1. The molecule has 1 N–H and O–H groups in total. The summed E-state index contributed by atoms with van der Waals surface area (Å²) in [7, 11) is 3.51. The molecule has 0 spiro atoms. The van der Waals surface area contributed by atoms with Crippen LogP contribution in [0.25, 0.3) is 0 Å². The number of rotatable bonds is 8. The van der Waals surface area contributed by atoms with Crippen molar-refractivity contribution in [1.29, 1.82) is 0 Å². The van der Waals surface area contributed by atoms with Crippen molar-refractivity contribution < 1.29 is 14.0 Å². The zero-order valence-electron chi connectivity index (χ0n) is 12.7. The lowest BCUT2D eigenvalue weighted by molar-refractivity contribution is 0.266. The van der Waals surface area contributed by atoms with E-state index in [1.165, 1.54) is 0 Å². The van der Waals surface area contributed by atoms with E-state index >= 15 is 0 Å². The summed E-state index contributed by atoms with van der Waals surface area (Å²) in [5.41, 5.74) is 1.02. The molecule has 21 heavy (non-hydrogen) atoms. The van der Waals surface area contributed by atoms with Crippen LogP contribution in [0, 0.1) is 0 Å². The maximum Gasteiger partial charge on any atom is 0.226 e. The predicted molar refractivity (Wildman–Crippen MR) is 78.4 cm³/mol. The second-order valence-electron chi connectivity index (χ2n) is 4.62. The van der Waals surface area contributed by atoms with Gasteiger partial charge in [-0.1, -0.05) is 24.2 Å². The van der Waals surface area contributed by atoms with Gasteiger partial charge in [-0.05, 0) is 19.5 Å². The van der Waals surface area contributed by atoms with Crippen molar-refractivity contribution in [3.8, 4) is 11.5 Å². The van der Waals surface area contributed by atoms with E-state index in [2.05, 4.69) is 22.4 Å². The highest BCUT2D eigenvalue weighted by atomic mass is 16.5. The summed E-state index contributed by atoms with van der Waals surface area (Å²) < 4.78 is 16.3. The molecule has 0 bridgehead atoms. The summed E-state index contributed by atoms with van der Waals surface area (Å²) in [6.07, 6.45) is 1.76. The van der Waals surface area contributed by atoms with Gasteiger partial charge in [0.05, 0.1) is 7.11 Å². The SMILES string of the molecule is CCCc1nc(COc2c(CNC)cccc2OC)no1. The number of para-hydroxylation sites is 1.